The molecule has 0 aliphatic rings. The SMILES string of the molecule is [B]c1[c-]c(C=[CH-])[c-]c(C=[CH-])c1.[Y].[Y]. The maximum absolute atomic E-state index is 5.48. The third kappa shape index (κ3) is 5.42. The molecule has 13 heavy (non-hydrogen) atoms. The van der Waals surface area contributed by atoms with E-state index in [9.17, 15) is 0 Å². The van der Waals surface area contributed by atoms with Gasteiger partial charge in [-0.15, -0.1) is 0 Å². The Morgan fingerprint density at radius 2 is 1.77 bits per heavy atom. The maximum Gasteiger partial charge on any atom is 0.0609 e. The van der Waals surface area contributed by atoms with Gasteiger partial charge in [-0.25, -0.2) is 0 Å². The first-order valence-electron chi connectivity index (χ1n) is 3.11. The topological polar surface area (TPSA) is 0 Å². The molecule has 58 valence electrons. The molecule has 0 atom stereocenters. The van der Waals surface area contributed by atoms with Crippen molar-refractivity contribution in [3.05, 3.63) is 42.5 Å². The quantitative estimate of drug-likeness (QED) is 0.564. The van der Waals surface area contributed by atoms with E-state index in [2.05, 4.69) is 12.1 Å². The van der Waals surface area contributed by atoms with Crippen molar-refractivity contribution < 1.29 is 65.4 Å². The molecule has 0 unspecified atom stereocenters. The van der Waals surface area contributed by atoms with Gasteiger partial charge in [0.2, 0.25) is 0 Å². The molecule has 4 radical (unpaired) electrons. The average Bonchev–Trinajstić information content (AvgIpc) is 2.03. The summed E-state index contributed by atoms with van der Waals surface area (Å²) in [5.74, 6) is 0. The van der Waals surface area contributed by atoms with Gasteiger partial charge in [-0.1, -0.05) is 0 Å². The van der Waals surface area contributed by atoms with Crippen molar-refractivity contribution in [2.45, 2.75) is 0 Å². The van der Waals surface area contributed by atoms with Gasteiger partial charge in [0, 0.05) is 65.4 Å². The first kappa shape index (κ1) is 16.4. The normalized spacial score (nSPS) is 7.69. The minimum absolute atomic E-state index is 0. The fraction of sp³-hybridized carbons (Fsp3) is 0. The van der Waals surface area contributed by atoms with Crippen molar-refractivity contribution in [1.82, 2.24) is 0 Å². The zero-order valence-corrected chi connectivity index (χ0v) is 12.8. The summed E-state index contributed by atoms with van der Waals surface area (Å²) < 4.78 is 0. The molecule has 0 nitrogen and oxygen atoms in total. The molecule has 0 heterocycles. The third-order valence-electron chi connectivity index (χ3n) is 1.22. The summed E-state index contributed by atoms with van der Waals surface area (Å²) >= 11 is 0. The average molecular weight is 314 g/mol. The van der Waals surface area contributed by atoms with Crippen LogP contribution in [0.3, 0.4) is 0 Å². The van der Waals surface area contributed by atoms with Crippen LogP contribution in [-0.4, -0.2) is 7.85 Å². The van der Waals surface area contributed by atoms with Crippen LogP contribution in [0.5, 0.6) is 0 Å². The van der Waals surface area contributed by atoms with Crippen molar-refractivity contribution in [2.75, 3.05) is 0 Å². The standard InChI is InChI=1S/C10H5B.2Y/c1-3-8-5-9(4-2)7-10(11)6-8;;/h1-4,6H;;/q-4;;. The fourth-order valence-electron chi connectivity index (χ4n) is 0.755. The van der Waals surface area contributed by atoms with E-state index in [1.54, 1.807) is 6.07 Å². The van der Waals surface area contributed by atoms with E-state index >= 15 is 0 Å². The van der Waals surface area contributed by atoms with E-state index < -0.39 is 0 Å². The maximum atomic E-state index is 5.48. The molecular weight excluding hydrogens is 309 g/mol. The first-order chi connectivity index (χ1) is 5.26. The van der Waals surface area contributed by atoms with Crippen LogP contribution in [0.4, 0.5) is 0 Å². The van der Waals surface area contributed by atoms with Crippen LogP contribution in [0.2, 0.25) is 0 Å². The summed E-state index contributed by atoms with van der Waals surface area (Å²) in [4.78, 5) is 0. The summed E-state index contributed by atoms with van der Waals surface area (Å²) in [5.41, 5.74) is 1.86. The predicted octanol–water partition coefficient (Wildman–Crippen LogP) is 0.968. The Balaban J connectivity index is 0. The summed E-state index contributed by atoms with van der Waals surface area (Å²) in [7, 11) is 5.48. The van der Waals surface area contributed by atoms with Gasteiger partial charge in [-0.05, 0) is 0 Å². The van der Waals surface area contributed by atoms with E-state index in [1.165, 1.54) is 12.2 Å². The molecule has 1 aromatic rings. The van der Waals surface area contributed by atoms with Crippen LogP contribution < -0.4 is 5.46 Å². The zero-order valence-electron chi connectivity index (χ0n) is 7.12. The molecule has 0 aliphatic heterocycles. The second-order valence-corrected chi connectivity index (χ2v) is 2.05. The third-order valence-corrected chi connectivity index (χ3v) is 1.22. The summed E-state index contributed by atoms with van der Waals surface area (Å²) in [6.07, 6.45) is 2.79. The molecule has 0 aromatic heterocycles. The Hall–Kier alpha value is 0.973. The van der Waals surface area contributed by atoms with Crippen molar-refractivity contribution in [2.24, 2.45) is 0 Å². The van der Waals surface area contributed by atoms with Gasteiger partial charge >= 0.3 is 0 Å². The van der Waals surface area contributed by atoms with Gasteiger partial charge in [0.1, 0.15) is 0 Å². The summed E-state index contributed by atoms with van der Waals surface area (Å²) in [5, 5.41) is 0. The van der Waals surface area contributed by atoms with Crippen molar-refractivity contribution >= 4 is 25.5 Å². The molecule has 0 amide bonds. The van der Waals surface area contributed by atoms with Crippen molar-refractivity contribution in [1.29, 1.82) is 0 Å². The Morgan fingerprint density at radius 3 is 2.23 bits per heavy atom. The van der Waals surface area contributed by atoms with Crippen LogP contribution >= 0.6 is 0 Å². The van der Waals surface area contributed by atoms with Crippen molar-refractivity contribution in [3.8, 4) is 0 Å². The molecular formula is C10H5BY2-4. The van der Waals surface area contributed by atoms with Crippen molar-refractivity contribution in [3.63, 3.8) is 0 Å². The van der Waals surface area contributed by atoms with E-state index in [0.29, 0.717) is 11.0 Å². The van der Waals surface area contributed by atoms with Gasteiger partial charge < -0.3 is 47.4 Å². The Labute approximate surface area is 131 Å². The van der Waals surface area contributed by atoms with E-state index in [0.717, 1.165) is 5.56 Å². The van der Waals surface area contributed by atoms with Gasteiger partial charge in [0.25, 0.3) is 0 Å². The molecule has 3 heteroatoms. The smallest absolute Gasteiger partial charge is 0.0609 e. The fourth-order valence-corrected chi connectivity index (χ4v) is 0.755. The minimum Gasteiger partial charge on any atom is -0.477 e. The Bertz CT molecular complexity index is 269. The van der Waals surface area contributed by atoms with Crippen LogP contribution in [0.1, 0.15) is 11.1 Å². The monoisotopic (exact) mass is 314 g/mol. The zero-order chi connectivity index (χ0) is 8.27. The molecule has 0 bridgehead atoms. The van der Waals surface area contributed by atoms with Gasteiger partial charge in [-0.2, -0.15) is 0 Å². The van der Waals surface area contributed by atoms with E-state index in [4.69, 9.17) is 21.0 Å². The molecule has 1 rings (SSSR count). The number of benzene rings is 1. The minimum atomic E-state index is 0. The Morgan fingerprint density at radius 1 is 1.15 bits per heavy atom. The largest absolute Gasteiger partial charge is 0.477 e. The molecule has 0 spiro atoms. The van der Waals surface area contributed by atoms with Gasteiger partial charge in [0.15, 0.2) is 0 Å². The van der Waals surface area contributed by atoms with E-state index in [-0.39, 0.29) is 65.4 Å². The van der Waals surface area contributed by atoms with Crippen LogP contribution in [-0.2, 0) is 65.4 Å². The second-order valence-electron chi connectivity index (χ2n) is 2.05. The Kier molecular flexibility index (Phi) is 10.5. The summed E-state index contributed by atoms with van der Waals surface area (Å²) in [6.45, 7) is 10.5. The number of rotatable bonds is 2. The molecule has 0 fully saturated rings. The summed E-state index contributed by atoms with van der Waals surface area (Å²) in [6, 6.07) is 7.36. The van der Waals surface area contributed by atoms with E-state index in [1.807, 2.05) is 0 Å². The van der Waals surface area contributed by atoms with Crippen LogP contribution in [0.15, 0.2) is 6.07 Å². The van der Waals surface area contributed by atoms with Gasteiger partial charge in [-0.3, -0.25) is 12.7 Å². The predicted molar refractivity (Wildman–Crippen MR) is 47.0 cm³/mol. The van der Waals surface area contributed by atoms with Gasteiger partial charge in [0.05, 0.1) is 7.85 Å². The molecule has 0 aliphatic carbocycles. The molecule has 0 saturated carbocycles. The first-order valence-corrected chi connectivity index (χ1v) is 3.11. The molecule has 0 N–H and O–H groups in total. The van der Waals surface area contributed by atoms with Crippen LogP contribution in [0.25, 0.3) is 12.2 Å². The number of hydrogen-bond donors (Lipinski definition) is 0. The molecule has 1 aromatic carbocycles. The second kappa shape index (κ2) is 8.29. The number of hydrogen-bond acceptors (Lipinski definition) is 0. The molecule has 0 saturated heterocycles. The van der Waals surface area contributed by atoms with Crippen LogP contribution in [0, 0.1) is 25.3 Å².